The third kappa shape index (κ3) is 2.99. The first-order valence-corrected chi connectivity index (χ1v) is 7.51. The zero-order valence-corrected chi connectivity index (χ0v) is 12.8. The van der Waals surface area contributed by atoms with Gasteiger partial charge in [0.1, 0.15) is 5.75 Å². The lowest BCUT2D eigenvalue weighted by molar-refractivity contribution is 0.209. The van der Waals surface area contributed by atoms with Gasteiger partial charge in [-0.05, 0) is 12.1 Å². The highest BCUT2D eigenvalue weighted by molar-refractivity contribution is 7.18. The average molecular weight is 292 g/mol. The van der Waals surface area contributed by atoms with E-state index in [1.165, 1.54) is 0 Å². The van der Waals surface area contributed by atoms with Crippen LogP contribution in [-0.4, -0.2) is 0 Å². The van der Waals surface area contributed by atoms with Gasteiger partial charge in [0.05, 0.1) is 0 Å². The summed E-state index contributed by atoms with van der Waals surface area (Å²) in [6.07, 6.45) is 0. The van der Waals surface area contributed by atoms with Crippen LogP contribution in [0.2, 0.25) is 0 Å². The second-order valence-corrected chi connectivity index (χ2v) is 5.70. The van der Waals surface area contributed by atoms with Gasteiger partial charge in [-0.15, -0.1) is 0 Å². The fraction of sp³-hybridized carbons (Fsp3) is 0.0526. The molecule has 0 aliphatic heterocycles. The van der Waals surface area contributed by atoms with Crippen molar-refractivity contribution in [2.45, 2.75) is 5.34 Å². The highest BCUT2D eigenvalue weighted by Crippen LogP contribution is 2.40. The molecule has 0 saturated carbocycles. The van der Waals surface area contributed by atoms with Crippen LogP contribution in [0.1, 0.15) is 11.1 Å². The number of hydrogen-bond donors (Lipinski definition) is 0. The first-order valence-electron chi connectivity index (χ1n) is 6.93. The first kappa shape index (κ1) is 13.9. The standard InChI is InChI=1S/C19H17OP/c21-19(16-10-4-1-5-11-16,17-12-6-2-7-13-17)20-18-14-8-3-9-15-18/h1-15H,21H2. The van der Waals surface area contributed by atoms with Gasteiger partial charge < -0.3 is 4.74 Å². The minimum atomic E-state index is -0.593. The van der Waals surface area contributed by atoms with E-state index in [-0.39, 0.29) is 0 Å². The third-order valence-corrected chi connectivity index (χ3v) is 4.21. The molecule has 0 aliphatic carbocycles. The Bertz CT molecular complexity index is 641. The first-order chi connectivity index (χ1) is 10.3. The smallest absolute Gasteiger partial charge is 0.171 e. The molecule has 0 bridgehead atoms. The van der Waals surface area contributed by atoms with E-state index in [1.807, 2.05) is 66.7 Å². The van der Waals surface area contributed by atoms with Crippen LogP contribution in [-0.2, 0) is 5.34 Å². The van der Waals surface area contributed by atoms with Crippen molar-refractivity contribution in [1.82, 2.24) is 0 Å². The normalized spacial score (nSPS) is 11.1. The predicted octanol–water partition coefficient (Wildman–Crippen LogP) is 4.84. The van der Waals surface area contributed by atoms with Crippen molar-refractivity contribution in [2.24, 2.45) is 0 Å². The largest absolute Gasteiger partial charge is 0.474 e. The Labute approximate surface area is 127 Å². The summed E-state index contributed by atoms with van der Waals surface area (Å²) < 4.78 is 6.34. The van der Waals surface area contributed by atoms with Gasteiger partial charge in [0, 0.05) is 11.1 Å². The zero-order chi connectivity index (χ0) is 14.5. The molecule has 21 heavy (non-hydrogen) atoms. The molecular formula is C19H17OP. The van der Waals surface area contributed by atoms with Crippen LogP contribution >= 0.6 is 9.24 Å². The molecule has 3 aromatic carbocycles. The fourth-order valence-electron chi connectivity index (χ4n) is 2.33. The van der Waals surface area contributed by atoms with E-state index in [0.29, 0.717) is 0 Å². The van der Waals surface area contributed by atoms with E-state index in [2.05, 4.69) is 33.5 Å². The minimum absolute atomic E-state index is 0.593. The van der Waals surface area contributed by atoms with Crippen molar-refractivity contribution in [1.29, 1.82) is 0 Å². The van der Waals surface area contributed by atoms with Gasteiger partial charge in [-0.2, -0.15) is 0 Å². The summed E-state index contributed by atoms with van der Waals surface area (Å²) in [6, 6.07) is 30.4. The third-order valence-electron chi connectivity index (χ3n) is 3.43. The van der Waals surface area contributed by atoms with Gasteiger partial charge in [0.15, 0.2) is 5.34 Å². The highest BCUT2D eigenvalue weighted by Gasteiger charge is 2.31. The maximum absolute atomic E-state index is 6.34. The van der Waals surface area contributed by atoms with Crippen molar-refractivity contribution < 1.29 is 4.74 Å². The van der Waals surface area contributed by atoms with Crippen LogP contribution in [0.3, 0.4) is 0 Å². The van der Waals surface area contributed by atoms with E-state index in [1.54, 1.807) is 0 Å². The molecule has 1 unspecified atom stereocenters. The Morgan fingerprint density at radius 1 is 0.571 bits per heavy atom. The van der Waals surface area contributed by atoms with Gasteiger partial charge >= 0.3 is 0 Å². The van der Waals surface area contributed by atoms with Crippen LogP contribution in [0.25, 0.3) is 0 Å². The molecule has 0 spiro atoms. The molecule has 0 saturated heterocycles. The van der Waals surface area contributed by atoms with Gasteiger partial charge in [0.25, 0.3) is 0 Å². The monoisotopic (exact) mass is 292 g/mol. The fourth-order valence-corrected chi connectivity index (χ4v) is 2.85. The quantitative estimate of drug-likeness (QED) is 0.625. The number of benzene rings is 3. The molecule has 0 aliphatic rings. The molecule has 3 aromatic rings. The molecule has 0 fully saturated rings. The summed E-state index contributed by atoms with van der Waals surface area (Å²) in [5.74, 6) is 0.847. The summed E-state index contributed by atoms with van der Waals surface area (Å²) in [6.45, 7) is 0. The highest BCUT2D eigenvalue weighted by atomic mass is 31.0. The molecule has 1 atom stereocenters. The second kappa shape index (κ2) is 6.11. The Morgan fingerprint density at radius 3 is 1.38 bits per heavy atom. The molecule has 0 aromatic heterocycles. The van der Waals surface area contributed by atoms with Gasteiger partial charge in [-0.1, -0.05) is 88.1 Å². The number of hydrogen-bond acceptors (Lipinski definition) is 1. The second-order valence-electron chi connectivity index (χ2n) is 4.88. The lowest BCUT2D eigenvalue weighted by Gasteiger charge is -2.31. The number of para-hydroxylation sites is 1. The van der Waals surface area contributed by atoms with E-state index >= 15 is 0 Å². The summed E-state index contributed by atoms with van der Waals surface area (Å²) in [7, 11) is 2.87. The summed E-state index contributed by atoms with van der Waals surface area (Å²) >= 11 is 0. The lowest BCUT2D eigenvalue weighted by Crippen LogP contribution is -2.27. The molecule has 0 N–H and O–H groups in total. The van der Waals surface area contributed by atoms with Crippen molar-refractivity contribution in [3.63, 3.8) is 0 Å². The maximum atomic E-state index is 6.34. The summed E-state index contributed by atoms with van der Waals surface area (Å²) in [4.78, 5) is 0. The van der Waals surface area contributed by atoms with Crippen molar-refractivity contribution in [2.75, 3.05) is 0 Å². The van der Waals surface area contributed by atoms with Crippen LogP contribution in [0.15, 0.2) is 91.0 Å². The molecule has 3 rings (SSSR count). The van der Waals surface area contributed by atoms with Crippen molar-refractivity contribution >= 4 is 9.24 Å². The Kier molecular flexibility index (Phi) is 4.03. The molecule has 1 nitrogen and oxygen atoms in total. The molecule has 2 heteroatoms. The Hall–Kier alpha value is -2.11. The summed E-state index contributed by atoms with van der Waals surface area (Å²) in [5.41, 5.74) is 2.20. The summed E-state index contributed by atoms with van der Waals surface area (Å²) in [5, 5.41) is -0.593. The average Bonchev–Trinajstić information content (AvgIpc) is 2.57. The number of rotatable bonds is 4. The molecule has 104 valence electrons. The molecule has 0 heterocycles. The Balaban J connectivity index is 2.07. The van der Waals surface area contributed by atoms with Crippen LogP contribution < -0.4 is 4.74 Å². The van der Waals surface area contributed by atoms with Gasteiger partial charge in [0.2, 0.25) is 0 Å². The Morgan fingerprint density at radius 2 is 0.952 bits per heavy atom. The maximum Gasteiger partial charge on any atom is 0.171 e. The van der Waals surface area contributed by atoms with Crippen LogP contribution in [0.4, 0.5) is 0 Å². The molecular weight excluding hydrogens is 275 g/mol. The van der Waals surface area contributed by atoms with Crippen LogP contribution in [0.5, 0.6) is 5.75 Å². The van der Waals surface area contributed by atoms with E-state index in [0.717, 1.165) is 16.9 Å². The number of ether oxygens (including phenoxy) is 1. The topological polar surface area (TPSA) is 9.23 Å². The lowest BCUT2D eigenvalue weighted by atomic mass is 10.0. The van der Waals surface area contributed by atoms with Gasteiger partial charge in [-0.3, -0.25) is 0 Å². The predicted molar refractivity (Wildman–Crippen MR) is 90.4 cm³/mol. The molecule has 0 amide bonds. The van der Waals surface area contributed by atoms with E-state index in [9.17, 15) is 0 Å². The zero-order valence-electron chi connectivity index (χ0n) is 11.6. The van der Waals surface area contributed by atoms with Gasteiger partial charge in [-0.25, -0.2) is 0 Å². The van der Waals surface area contributed by atoms with E-state index in [4.69, 9.17) is 4.74 Å². The van der Waals surface area contributed by atoms with Crippen molar-refractivity contribution in [3.8, 4) is 5.75 Å². The minimum Gasteiger partial charge on any atom is -0.474 e. The van der Waals surface area contributed by atoms with E-state index < -0.39 is 5.34 Å². The van der Waals surface area contributed by atoms with Crippen LogP contribution in [0, 0.1) is 0 Å². The SMILES string of the molecule is PC(Oc1ccccc1)(c1ccccc1)c1ccccc1. The van der Waals surface area contributed by atoms with Crippen molar-refractivity contribution in [3.05, 3.63) is 102 Å². The molecule has 0 radical (unpaired) electrons.